The maximum atomic E-state index is 13.5. The molecule has 0 saturated heterocycles. The van der Waals surface area contributed by atoms with E-state index in [-0.39, 0.29) is 11.6 Å². The molecule has 0 fully saturated rings. The first kappa shape index (κ1) is 13.6. The second kappa shape index (κ2) is 5.89. The maximum Gasteiger partial charge on any atom is 0.256 e. The molecule has 1 N–H and O–H groups in total. The third-order valence-electron chi connectivity index (χ3n) is 2.81. The highest BCUT2D eigenvalue weighted by atomic mass is 32.2. The van der Waals surface area contributed by atoms with Gasteiger partial charge in [-0.3, -0.25) is 4.79 Å². The molecule has 0 unspecified atom stereocenters. The number of nitrogens with one attached hydrogen (secondary N) is 1. The van der Waals surface area contributed by atoms with E-state index in [9.17, 15) is 9.18 Å². The number of carbonyl (C=O) groups excluding carboxylic acids is 1. The monoisotopic (exact) mass is 275 g/mol. The Labute approximate surface area is 116 Å². The van der Waals surface area contributed by atoms with Gasteiger partial charge in [0.05, 0.1) is 5.69 Å². The highest BCUT2D eigenvalue weighted by molar-refractivity contribution is 7.98. The smallest absolute Gasteiger partial charge is 0.256 e. The molecule has 0 aromatic heterocycles. The van der Waals surface area contributed by atoms with Gasteiger partial charge < -0.3 is 5.32 Å². The minimum atomic E-state index is -0.436. The van der Waals surface area contributed by atoms with E-state index < -0.39 is 5.82 Å². The zero-order chi connectivity index (χ0) is 13.8. The summed E-state index contributed by atoms with van der Waals surface area (Å²) in [5, 5.41) is 2.60. The normalized spacial score (nSPS) is 10.3. The first-order chi connectivity index (χ1) is 9.11. The number of aryl methyl sites for hydroxylation is 1. The molecule has 0 aliphatic rings. The summed E-state index contributed by atoms with van der Waals surface area (Å²) >= 11 is 1.56. The van der Waals surface area contributed by atoms with Crippen LogP contribution in [-0.2, 0) is 0 Å². The minimum absolute atomic E-state index is 0.196. The highest BCUT2D eigenvalue weighted by Gasteiger charge is 2.12. The largest absolute Gasteiger partial charge is 0.319 e. The topological polar surface area (TPSA) is 29.1 Å². The third kappa shape index (κ3) is 3.15. The Morgan fingerprint density at radius 1 is 1.21 bits per heavy atom. The number of thioether (sulfide) groups is 1. The van der Waals surface area contributed by atoms with Gasteiger partial charge in [-0.1, -0.05) is 18.2 Å². The molecule has 2 aromatic carbocycles. The Morgan fingerprint density at radius 2 is 1.95 bits per heavy atom. The zero-order valence-corrected chi connectivity index (χ0v) is 11.6. The Kier molecular flexibility index (Phi) is 4.22. The van der Waals surface area contributed by atoms with Gasteiger partial charge in [-0.05, 0) is 43.0 Å². The summed E-state index contributed by atoms with van der Waals surface area (Å²) < 4.78 is 13.5. The van der Waals surface area contributed by atoms with E-state index in [4.69, 9.17) is 0 Å². The minimum Gasteiger partial charge on any atom is -0.319 e. The summed E-state index contributed by atoms with van der Waals surface area (Å²) in [5.41, 5.74) is 1.63. The predicted molar refractivity (Wildman–Crippen MR) is 77.3 cm³/mol. The molecule has 2 nitrogen and oxygen atoms in total. The number of para-hydroxylation sites is 1. The van der Waals surface area contributed by atoms with Crippen LogP contribution >= 0.6 is 11.8 Å². The maximum absolute atomic E-state index is 13.5. The zero-order valence-electron chi connectivity index (χ0n) is 10.7. The summed E-state index contributed by atoms with van der Waals surface area (Å²) in [6.07, 6.45) is 1.95. The Morgan fingerprint density at radius 3 is 2.63 bits per heavy atom. The Hall–Kier alpha value is -1.81. The van der Waals surface area contributed by atoms with Crippen LogP contribution in [0.2, 0.25) is 0 Å². The van der Waals surface area contributed by atoms with Crippen molar-refractivity contribution in [2.24, 2.45) is 0 Å². The van der Waals surface area contributed by atoms with Crippen LogP contribution in [0.1, 0.15) is 15.9 Å². The number of carbonyl (C=O) groups is 1. The lowest BCUT2D eigenvalue weighted by molar-refractivity contribution is 0.102. The molecule has 0 spiro atoms. The molecule has 1 amide bonds. The number of benzene rings is 2. The van der Waals surface area contributed by atoms with E-state index in [0.717, 1.165) is 10.5 Å². The molecule has 19 heavy (non-hydrogen) atoms. The van der Waals surface area contributed by atoms with Crippen molar-refractivity contribution in [1.29, 1.82) is 0 Å². The molecule has 0 radical (unpaired) electrons. The summed E-state index contributed by atoms with van der Waals surface area (Å²) in [4.78, 5) is 13.2. The van der Waals surface area contributed by atoms with E-state index in [2.05, 4.69) is 5.32 Å². The molecule has 4 heteroatoms. The molecule has 0 saturated carbocycles. The summed E-state index contributed by atoms with van der Waals surface area (Å²) in [7, 11) is 0. The fourth-order valence-electron chi connectivity index (χ4n) is 1.72. The van der Waals surface area contributed by atoms with Crippen molar-refractivity contribution in [2.75, 3.05) is 11.6 Å². The van der Waals surface area contributed by atoms with E-state index in [1.54, 1.807) is 30.0 Å². The summed E-state index contributed by atoms with van der Waals surface area (Å²) in [6, 6.07) is 11.8. The number of halogens is 1. The van der Waals surface area contributed by atoms with E-state index >= 15 is 0 Å². The first-order valence-electron chi connectivity index (χ1n) is 5.82. The van der Waals surface area contributed by atoms with E-state index in [1.165, 1.54) is 6.07 Å². The van der Waals surface area contributed by atoms with Crippen molar-refractivity contribution < 1.29 is 9.18 Å². The first-order valence-corrected chi connectivity index (χ1v) is 7.05. The standard InChI is InChI=1S/C15H14FNOS/c1-10-7-8-11(19-2)9-12(10)15(18)17-14-6-4-3-5-13(14)16/h3-9H,1-2H3,(H,17,18). The SMILES string of the molecule is CSc1ccc(C)c(C(=O)Nc2ccccc2F)c1. The van der Waals surface area contributed by atoms with Gasteiger partial charge >= 0.3 is 0 Å². The van der Waals surface area contributed by atoms with Gasteiger partial charge in [0.15, 0.2) is 0 Å². The molecule has 0 heterocycles. The van der Waals surface area contributed by atoms with Crippen LogP contribution in [-0.4, -0.2) is 12.2 Å². The molecular formula is C15H14FNOS. The second-order valence-electron chi connectivity index (χ2n) is 4.11. The molecule has 0 aliphatic carbocycles. The Balaban J connectivity index is 2.28. The molecule has 98 valence electrons. The number of amides is 1. The molecule has 2 rings (SSSR count). The lowest BCUT2D eigenvalue weighted by Gasteiger charge is -2.09. The van der Waals surface area contributed by atoms with Crippen molar-refractivity contribution in [3.05, 3.63) is 59.4 Å². The van der Waals surface area contributed by atoms with Gasteiger partial charge in [0.25, 0.3) is 5.91 Å². The highest BCUT2D eigenvalue weighted by Crippen LogP contribution is 2.21. The third-order valence-corrected chi connectivity index (χ3v) is 3.54. The van der Waals surface area contributed by atoms with Crippen LogP contribution in [0.5, 0.6) is 0 Å². The number of rotatable bonds is 3. The van der Waals surface area contributed by atoms with Gasteiger partial charge in [-0.2, -0.15) is 0 Å². The summed E-state index contributed by atoms with van der Waals surface area (Å²) in [6.45, 7) is 1.86. The molecular weight excluding hydrogens is 261 g/mol. The van der Waals surface area contributed by atoms with Gasteiger partial charge in [-0.25, -0.2) is 4.39 Å². The average molecular weight is 275 g/mol. The molecule has 0 bridgehead atoms. The van der Waals surface area contributed by atoms with Crippen molar-refractivity contribution in [1.82, 2.24) is 0 Å². The average Bonchev–Trinajstić information content (AvgIpc) is 2.42. The van der Waals surface area contributed by atoms with Crippen LogP contribution in [0.15, 0.2) is 47.4 Å². The molecule has 0 atom stereocenters. The van der Waals surface area contributed by atoms with Crippen molar-refractivity contribution >= 4 is 23.4 Å². The van der Waals surface area contributed by atoms with Crippen LogP contribution in [0, 0.1) is 12.7 Å². The van der Waals surface area contributed by atoms with Crippen LogP contribution in [0.25, 0.3) is 0 Å². The van der Waals surface area contributed by atoms with Gasteiger partial charge in [0, 0.05) is 10.5 Å². The number of hydrogen-bond acceptors (Lipinski definition) is 2. The van der Waals surface area contributed by atoms with E-state index in [1.807, 2.05) is 31.4 Å². The number of hydrogen-bond donors (Lipinski definition) is 1. The predicted octanol–water partition coefficient (Wildman–Crippen LogP) is 4.11. The van der Waals surface area contributed by atoms with Gasteiger partial charge in [-0.15, -0.1) is 11.8 Å². The van der Waals surface area contributed by atoms with Gasteiger partial charge in [0.2, 0.25) is 0 Å². The molecule has 2 aromatic rings. The fraction of sp³-hybridized carbons (Fsp3) is 0.133. The van der Waals surface area contributed by atoms with Crippen LogP contribution in [0.4, 0.5) is 10.1 Å². The van der Waals surface area contributed by atoms with Crippen LogP contribution in [0.3, 0.4) is 0 Å². The molecule has 0 aliphatic heterocycles. The van der Waals surface area contributed by atoms with Crippen molar-refractivity contribution in [3.8, 4) is 0 Å². The number of anilines is 1. The Bertz CT molecular complexity index is 613. The quantitative estimate of drug-likeness (QED) is 0.854. The van der Waals surface area contributed by atoms with Crippen molar-refractivity contribution in [3.63, 3.8) is 0 Å². The lowest BCUT2D eigenvalue weighted by atomic mass is 10.1. The van der Waals surface area contributed by atoms with Crippen molar-refractivity contribution in [2.45, 2.75) is 11.8 Å². The second-order valence-corrected chi connectivity index (χ2v) is 4.99. The lowest BCUT2D eigenvalue weighted by Crippen LogP contribution is -2.14. The van der Waals surface area contributed by atoms with Gasteiger partial charge in [0.1, 0.15) is 5.82 Å². The summed E-state index contributed by atoms with van der Waals surface area (Å²) in [5.74, 6) is -0.729. The van der Waals surface area contributed by atoms with Crippen LogP contribution < -0.4 is 5.32 Å². The fourth-order valence-corrected chi connectivity index (χ4v) is 2.16. The van der Waals surface area contributed by atoms with E-state index in [0.29, 0.717) is 5.56 Å².